The summed E-state index contributed by atoms with van der Waals surface area (Å²) in [4.78, 5) is 12.0. The predicted molar refractivity (Wildman–Crippen MR) is 108 cm³/mol. The number of nitrogens with one attached hydrogen (secondary N) is 1. The number of hydrogen-bond donors (Lipinski definition) is 1. The van der Waals surface area contributed by atoms with Crippen molar-refractivity contribution in [3.05, 3.63) is 95.1 Å². The molecule has 0 radical (unpaired) electrons. The minimum absolute atomic E-state index is 0.205. The molecule has 3 aromatic carbocycles. The standard InChI is InChI=1S/C22H18F2N2O3S/c23-19-8-4-3-7-18(19)22(27)25-21-10-9-17(13-20(21)24)30(28,29)26-12-11-15-5-1-2-6-16(15)14-26/h1-10,13H,11-12,14H2,(H,25,27). The van der Waals surface area contributed by atoms with Crippen molar-refractivity contribution in [1.29, 1.82) is 0 Å². The molecule has 1 amide bonds. The maximum atomic E-state index is 14.6. The van der Waals surface area contributed by atoms with Crippen molar-refractivity contribution in [3.8, 4) is 0 Å². The molecule has 0 unspecified atom stereocenters. The van der Waals surface area contributed by atoms with Crippen LogP contribution in [0.4, 0.5) is 14.5 Å². The van der Waals surface area contributed by atoms with E-state index in [9.17, 15) is 22.0 Å². The summed E-state index contributed by atoms with van der Waals surface area (Å²) in [6, 6.07) is 16.2. The number of fused-ring (bicyclic) bond motifs is 1. The monoisotopic (exact) mass is 428 g/mol. The fourth-order valence-electron chi connectivity index (χ4n) is 3.42. The molecule has 8 heteroatoms. The van der Waals surface area contributed by atoms with Crippen molar-refractivity contribution >= 4 is 21.6 Å². The Kier molecular flexibility index (Phi) is 5.36. The normalized spacial score (nSPS) is 14.2. The molecule has 4 rings (SSSR count). The average molecular weight is 428 g/mol. The van der Waals surface area contributed by atoms with Crippen molar-refractivity contribution < 1.29 is 22.0 Å². The number of anilines is 1. The van der Waals surface area contributed by atoms with Crippen LogP contribution in [0.2, 0.25) is 0 Å². The highest BCUT2D eigenvalue weighted by Gasteiger charge is 2.29. The van der Waals surface area contributed by atoms with E-state index in [1.807, 2.05) is 24.3 Å². The first kappa shape index (κ1) is 20.2. The van der Waals surface area contributed by atoms with Gasteiger partial charge in [-0.05, 0) is 47.9 Å². The summed E-state index contributed by atoms with van der Waals surface area (Å²) in [6.07, 6.45) is 0.578. The van der Waals surface area contributed by atoms with Crippen LogP contribution in [-0.4, -0.2) is 25.2 Å². The van der Waals surface area contributed by atoms with E-state index in [2.05, 4.69) is 5.32 Å². The van der Waals surface area contributed by atoms with E-state index < -0.39 is 27.6 Å². The molecule has 0 aliphatic carbocycles. The van der Waals surface area contributed by atoms with Gasteiger partial charge in [-0.25, -0.2) is 17.2 Å². The van der Waals surface area contributed by atoms with Gasteiger partial charge in [0, 0.05) is 13.1 Å². The van der Waals surface area contributed by atoms with Gasteiger partial charge in [0.25, 0.3) is 5.91 Å². The lowest BCUT2D eigenvalue weighted by molar-refractivity contribution is 0.102. The Morgan fingerprint density at radius 2 is 1.60 bits per heavy atom. The fourth-order valence-corrected chi connectivity index (χ4v) is 4.85. The summed E-state index contributed by atoms with van der Waals surface area (Å²) >= 11 is 0. The Morgan fingerprint density at radius 1 is 0.900 bits per heavy atom. The third kappa shape index (κ3) is 3.83. The molecule has 0 saturated carbocycles. The third-order valence-electron chi connectivity index (χ3n) is 5.04. The van der Waals surface area contributed by atoms with Gasteiger partial charge in [-0.3, -0.25) is 4.79 Å². The Morgan fingerprint density at radius 3 is 2.33 bits per heavy atom. The number of carbonyl (C=O) groups excluding carboxylic acids is 1. The van der Waals surface area contributed by atoms with Crippen LogP contribution >= 0.6 is 0 Å². The van der Waals surface area contributed by atoms with Crippen molar-refractivity contribution in [1.82, 2.24) is 4.31 Å². The van der Waals surface area contributed by atoms with Crippen LogP contribution in [0.1, 0.15) is 21.5 Å². The maximum absolute atomic E-state index is 14.6. The number of amides is 1. The van der Waals surface area contributed by atoms with Gasteiger partial charge >= 0.3 is 0 Å². The minimum atomic E-state index is -3.91. The molecule has 30 heavy (non-hydrogen) atoms. The number of rotatable bonds is 4. The Bertz CT molecular complexity index is 1230. The molecule has 0 atom stereocenters. The molecule has 1 N–H and O–H groups in total. The highest BCUT2D eigenvalue weighted by Crippen LogP contribution is 2.27. The summed E-state index contributed by atoms with van der Waals surface area (Å²) < 4.78 is 55.6. The smallest absolute Gasteiger partial charge is 0.258 e. The average Bonchev–Trinajstić information content (AvgIpc) is 2.75. The highest BCUT2D eigenvalue weighted by molar-refractivity contribution is 7.89. The molecule has 5 nitrogen and oxygen atoms in total. The highest BCUT2D eigenvalue weighted by atomic mass is 32.2. The van der Waals surface area contributed by atoms with Gasteiger partial charge in [0.15, 0.2) is 0 Å². The van der Waals surface area contributed by atoms with Gasteiger partial charge in [0.2, 0.25) is 10.0 Å². The Hall–Kier alpha value is -3.10. The van der Waals surface area contributed by atoms with Crippen molar-refractivity contribution in [3.63, 3.8) is 0 Å². The molecule has 1 heterocycles. The second-order valence-corrected chi connectivity index (χ2v) is 8.87. The molecular formula is C22H18F2N2O3S. The first-order valence-corrected chi connectivity index (χ1v) is 10.7. The Balaban J connectivity index is 1.56. The maximum Gasteiger partial charge on any atom is 0.258 e. The van der Waals surface area contributed by atoms with Crippen LogP contribution in [0.5, 0.6) is 0 Å². The van der Waals surface area contributed by atoms with E-state index in [1.165, 1.54) is 34.6 Å². The topological polar surface area (TPSA) is 66.5 Å². The third-order valence-corrected chi connectivity index (χ3v) is 6.88. The van der Waals surface area contributed by atoms with Crippen molar-refractivity contribution in [2.45, 2.75) is 17.9 Å². The summed E-state index contributed by atoms with van der Waals surface area (Å²) in [5, 5.41) is 2.28. The first-order valence-electron chi connectivity index (χ1n) is 9.28. The van der Waals surface area contributed by atoms with Crippen LogP contribution in [0, 0.1) is 11.6 Å². The van der Waals surface area contributed by atoms with Gasteiger partial charge in [-0.2, -0.15) is 4.31 Å². The van der Waals surface area contributed by atoms with Gasteiger partial charge in [-0.1, -0.05) is 36.4 Å². The van der Waals surface area contributed by atoms with E-state index in [0.717, 1.165) is 23.3 Å². The number of nitrogens with zero attached hydrogens (tertiary/aromatic N) is 1. The van der Waals surface area contributed by atoms with E-state index in [1.54, 1.807) is 0 Å². The molecular weight excluding hydrogens is 410 g/mol. The number of benzene rings is 3. The second-order valence-electron chi connectivity index (χ2n) is 6.93. The van der Waals surface area contributed by atoms with Gasteiger partial charge in [0.1, 0.15) is 11.6 Å². The summed E-state index contributed by atoms with van der Waals surface area (Å²) in [7, 11) is -3.91. The fraction of sp³-hybridized carbons (Fsp3) is 0.136. The molecule has 3 aromatic rings. The molecule has 0 bridgehead atoms. The number of hydrogen-bond acceptors (Lipinski definition) is 3. The molecule has 0 spiro atoms. The number of sulfonamides is 1. The predicted octanol–water partition coefficient (Wildman–Crippen LogP) is 3.96. The van der Waals surface area contributed by atoms with E-state index in [4.69, 9.17) is 0 Å². The zero-order valence-corrected chi connectivity index (χ0v) is 16.6. The van der Waals surface area contributed by atoms with Gasteiger partial charge in [0.05, 0.1) is 16.1 Å². The van der Waals surface area contributed by atoms with Crippen LogP contribution in [0.15, 0.2) is 71.6 Å². The lowest BCUT2D eigenvalue weighted by atomic mass is 10.0. The quantitative estimate of drug-likeness (QED) is 0.684. The second kappa shape index (κ2) is 7.97. The number of carbonyl (C=O) groups is 1. The van der Waals surface area contributed by atoms with Gasteiger partial charge < -0.3 is 5.32 Å². The zero-order valence-electron chi connectivity index (χ0n) is 15.8. The molecule has 0 fully saturated rings. The van der Waals surface area contributed by atoms with Crippen molar-refractivity contribution in [2.24, 2.45) is 0 Å². The first-order chi connectivity index (χ1) is 14.4. The summed E-state index contributed by atoms with van der Waals surface area (Å²) in [6.45, 7) is 0.513. The minimum Gasteiger partial charge on any atom is -0.319 e. The molecule has 1 aliphatic rings. The van der Waals surface area contributed by atoms with Crippen LogP contribution < -0.4 is 5.32 Å². The van der Waals surface area contributed by atoms with Crippen LogP contribution in [0.25, 0.3) is 0 Å². The molecule has 1 aliphatic heterocycles. The zero-order chi connectivity index (χ0) is 21.3. The molecule has 0 saturated heterocycles. The summed E-state index contributed by atoms with van der Waals surface area (Å²) in [5.74, 6) is -2.48. The summed E-state index contributed by atoms with van der Waals surface area (Å²) in [5.41, 5.74) is 1.55. The van der Waals surface area contributed by atoms with E-state index >= 15 is 0 Å². The SMILES string of the molecule is O=C(Nc1ccc(S(=O)(=O)N2CCc3ccccc3C2)cc1F)c1ccccc1F. The molecule has 0 aromatic heterocycles. The lowest BCUT2D eigenvalue weighted by Crippen LogP contribution is -2.36. The van der Waals surface area contributed by atoms with Crippen molar-refractivity contribution in [2.75, 3.05) is 11.9 Å². The Labute approximate surface area is 173 Å². The molecule has 154 valence electrons. The lowest BCUT2D eigenvalue weighted by Gasteiger charge is -2.28. The van der Waals surface area contributed by atoms with Gasteiger partial charge in [-0.15, -0.1) is 0 Å². The van der Waals surface area contributed by atoms with E-state index in [0.29, 0.717) is 13.0 Å². The van der Waals surface area contributed by atoms with Crippen LogP contribution in [-0.2, 0) is 23.0 Å². The number of halogens is 2. The van der Waals surface area contributed by atoms with E-state index in [-0.39, 0.29) is 22.7 Å². The van der Waals surface area contributed by atoms with Crippen LogP contribution in [0.3, 0.4) is 0 Å². The largest absolute Gasteiger partial charge is 0.319 e.